The third-order valence-electron chi connectivity index (χ3n) is 3.70. The number of rotatable bonds is 1. The Morgan fingerprint density at radius 2 is 1.96 bits per heavy atom. The van der Waals surface area contributed by atoms with E-state index >= 15 is 0 Å². The largest absolute Gasteiger partial charge is 0.444 e. The summed E-state index contributed by atoms with van der Waals surface area (Å²) in [5.41, 5.74) is -0.489. The van der Waals surface area contributed by atoms with E-state index in [0.717, 1.165) is 3.57 Å². The van der Waals surface area contributed by atoms with E-state index in [2.05, 4.69) is 0 Å². The second-order valence-electron chi connectivity index (χ2n) is 6.90. The summed E-state index contributed by atoms with van der Waals surface area (Å²) in [6.45, 7) is 8.38. The summed E-state index contributed by atoms with van der Waals surface area (Å²) in [7, 11) is 0. The molecule has 0 aromatic heterocycles. The van der Waals surface area contributed by atoms with Crippen LogP contribution in [0.3, 0.4) is 0 Å². The number of amides is 2. The van der Waals surface area contributed by atoms with E-state index in [1.165, 1.54) is 6.07 Å². The third-order valence-corrected chi connectivity index (χ3v) is 4.37. The molecule has 0 spiro atoms. The molecule has 0 aliphatic carbocycles. The van der Waals surface area contributed by atoms with Crippen LogP contribution in [0.1, 0.15) is 38.1 Å². The van der Waals surface area contributed by atoms with Gasteiger partial charge < -0.3 is 14.5 Å². The van der Waals surface area contributed by atoms with E-state index in [1.54, 1.807) is 21.9 Å². The van der Waals surface area contributed by atoms with Crippen LogP contribution < -0.4 is 0 Å². The van der Waals surface area contributed by atoms with Crippen molar-refractivity contribution in [2.24, 2.45) is 0 Å². The highest BCUT2D eigenvalue weighted by Crippen LogP contribution is 2.20. The molecule has 1 atom stereocenters. The first-order valence-corrected chi connectivity index (χ1v) is 8.90. The van der Waals surface area contributed by atoms with Crippen LogP contribution in [0.25, 0.3) is 0 Å². The second-order valence-corrected chi connectivity index (χ2v) is 8.14. The van der Waals surface area contributed by atoms with Crippen molar-refractivity contribution in [3.05, 3.63) is 33.1 Å². The van der Waals surface area contributed by atoms with E-state index in [4.69, 9.17) is 4.74 Å². The van der Waals surface area contributed by atoms with Crippen molar-refractivity contribution in [1.82, 2.24) is 9.80 Å². The van der Waals surface area contributed by atoms with Crippen LogP contribution in [0.2, 0.25) is 0 Å². The van der Waals surface area contributed by atoms with Gasteiger partial charge in [-0.05, 0) is 68.5 Å². The van der Waals surface area contributed by atoms with Crippen LogP contribution in [0.4, 0.5) is 9.18 Å². The molecule has 1 aliphatic rings. The topological polar surface area (TPSA) is 49.9 Å². The molecule has 0 saturated carbocycles. The van der Waals surface area contributed by atoms with Crippen molar-refractivity contribution in [2.45, 2.75) is 39.3 Å². The standard InChI is InChI=1S/C17H22FIN2O3/c1-11-10-20(16(23)24-17(2,3)4)7-8-21(11)15(22)13-9-12(19)5-6-14(13)18/h5-6,9,11H,7-8,10H2,1-4H3. The molecule has 1 aromatic carbocycles. The van der Waals surface area contributed by atoms with Gasteiger partial charge in [-0.1, -0.05) is 0 Å². The maximum Gasteiger partial charge on any atom is 0.410 e. The maximum absolute atomic E-state index is 14.0. The van der Waals surface area contributed by atoms with Crippen molar-refractivity contribution in [3.63, 3.8) is 0 Å². The minimum Gasteiger partial charge on any atom is -0.444 e. The highest BCUT2D eigenvalue weighted by molar-refractivity contribution is 14.1. The second kappa shape index (κ2) is 7.25. The van der Waals surface area contributed by atoms with Crippen LogP contribution >= 0.6 is 22.6 Å². The van der Waals surface area contributed by atoms with Gasteiger partial charge in [-0.2, -0.15) is 0 Å². The van der Waals surface area contributed by atoms with Gasteiger partial charge in [0, 0.05) is 29.2 Å². The SMILES string of the molecule is CC1CN(C(=O)OC(C)(C)C)CCN1C(=O)c1cc(I)ccc1F. The Hall–Kier alpha value is -1.38. The number of benzene rings is 1. The first-order valence-electron chi connectivity index (χ1n) is 7.82. The summed E-state index contributed by atoms with van der Waals surface area (Å²) < 4.78 is 20.1. The molecule has 0 radical (unpaired) electrons. The van der Waals surface area contributed by atoms with Crippen molar-refractivity contribution < 1.29 is 18.7 Å². The van der Waals surface area contributed by atoms with Gasteiger partial charge in [-0.3, -0.25) is 4.79 Å². The summed E-state index contributed by atoms with van der Waals surface area (Å²) in [6.07, 6.45) is -0.387. The van der Waals surface area contributed by atoms with Crippen molar-refractivity contribution in [1.29, 1.82) is 0 Å². The van der Waals surface area contributed by atoms with Crippen LogP contribution in [0, 0.1) is 9.39 Å². The molecule has 1 aromatic rings. The smallest absolute Gasteiger partial charge is 0.410 e. The predicted molar refractivity (Wildman–Crippen MR) is 97.4 cm³/mol. The first kappa shape index (κ1) is 19.0. The molecule has 1 saturated heterocycles. The summed E-state index contributed by atoms with van der Waals surface area (Å²) in [5, 5.41) is 0. The number of carbonyl (C=O) groups excluding carboxylic acids is 2. The zero-order valence-corrected chi connectivity index (χ0v) is 16.5. The fraction of sp³-hybridized carbons (Fsp3) is 0.529. The maximum atomic E-state index is 14.0. The summed E-state index contributed by atoms with van der Waals surface area (Å²) in [5.74, 6) is -0.871. The highest BCUT2D eigenvalue weighted by Gasteiger charge is 2.33. The van der Waals surface area contributed by atoms with Gasteiger partial charge in [-0.15, -0.1) is 0 Å². The highest BCUT2D eigenvalue weighted by atomic mass is 127. The fourth-order valence-corrected chi connectivity index (χ4v) is 3.06. The molecule has 1 heterocycles. The average molecular weight is 448 g/mol. The number of ether oxygens (including phenoxy) is 1. The molecule has 1 fully saturated rings. The van der Waals surface area contributed by atoms with E-state index < -0.39 is 11.4 Å². The number of hydrogen-bond acceptors (Lipinski definition) is 3. The predicted octanol–water partition coefficient (Wildman–Crippen LogP) is 3.51. The van der Waals surface area contributed by atoms with Gasteiger partial charge in [0.25, 0.3) is 5.91 Å². The Morgan fingerprint density at radius 1 is 1.29 bits per heavy atom. The van der Waals surface area contributed by atoms with Gasteiger partial charge in [0.1, 0.15) is 11.4 Å². The molecule has 132 valence electrons. The molecule has 1 aliphatic heterocycles. The summed E-state index contributed by atoms with van der Waals surface area (Å²) >= 11 is 2.05. The van der Waals surface area contributed by atoms with Gasteiger partial charge >= 0.3 is 6.09 Å². The molecule has 0 bridgehead atoms. The summed E-state index contributed by atoms with van der Waals surface area (Å²) in [4.78, 5) is 28.0. The number of halogens is 2. The van der Waals surface area contributed by atoms with E-state index in [9.17, 15) is 14.0 Å². The molecule has 0 N–H and O–H groups in total. The average Bonchev–Trinajstić information content (AvgIpc) is 2.47. The Balaban J connectivity index is 2.07. The van der Waals surface area contributed by atoms with Crippen LogP contribution in [-0.4, -0.2) is 53.1 Å². The molecular formula is C17H22FIN2O3. The molecular weight excluding hydrogens is 426 g/mol. The van der Waals surface area contributed by atoms with Crippen LogP contribution in [0.5, 0.6) is 0 Å². The lowest BCUT2D eigenvalue weighted by Gasteiger charge is -2.40. The number of piperazine rings is 1. The van der Waals surface area contributed by atoms with Gasteiger partial charge in [0.2, 0.25) is 0 Å². The fourth-order valence-electron chi connectivity index (χ4n) is 2.57. The molecule has 5 nitrogen and oxygen atoms in total. The Kier molecular flexibility index (Phi) is 5.72. The molecule has 1 unspecified atom stereocenters. The monoisotopic (exact) mass is 448 g/mol. The quantitative estimate of drug-likeness (QED) is 0.618. The van der Waals surface area contributed by atoms with E-state index in [-0.39, 0.29) is 23.6 Å². The Bertz CT molecular complexity index is 645. The van der Waals surface area contributed by atoms with Crippen LogP contribution in [-0.2, 0) is 4.74 Å². The zero-order valence-electron chi connectivity index (χ0n) is 14.3. The van der Waals surface area contributed by atoms with Crippen LogP contribution in [0.15, 0.2) is 18.2 Å². The van der Waals surface area contributed by atoms with Gasteiger partial charge in [0.05, 0.1) is 5.56 Å². The first-order chi connectivity index (χ1) is 11.1. The third kappa shape index (κ3) is 4.58. The zero-order chi connectivity index (χ0) is 18.1. The number of carbonyl (C=O) groups is 2. The van der Waals surface area contributed by atoms with Crippen molar-refractivity contribution >= 4 is 34.6 Å². The van der Waals surface area contributed by atoms with Gasteiger partial charge in [0.15, 0.2) is 0 Å². The summed E-state index contributed by atoms with van der Waals surface area (Å²) in [6, 6.07) is 4.26. The Morgan fingerprint density at radius 3 is 2.54 bits per heavy atom. The number of nitrogens with zero attached hydrogens (tertiary/aromatic N) is 2. The molecule has 7 heteroatoms. The lowest BCUT2D eigenvalue weighted by Crippen LogP contribution is -2.56. The molecule has 2 rings (SSSR count). The lowest BCUT2D eigenvalue weighted by molar-refractivity contribution is 0.00607. The van der Waals surface area contributed by atoms with Crippen molar-refractivity contribution in [3.8, 4) is 0 Å². The Labute approximate surface area is 155 Å². The normalized spacial score (nSPS) is 18.5. The minimum atomic E-state index is -0.558. The van der Waals surface area contributed by atoms with E-state index in [0.29, 0.717) is 19.6 Å². The van der Waals surface area contributed by atoms with E-state index in [1.807, 2.05) is 50.3 Å². The van der Waals surface area contributed by atoms with Crippen molar-refractivity contribution in [2.75, 3.05) is 19.6 Å². The minimum absolute atomic E-state index is 0.0690. The number of hydrogen-bond donors (Lipinski definition) is 0. The molecule has 2 amide bonds. The van der Waals surface area contributed by atoms with Gasteiger partial charge in [-0.25, -0.2) is 9.18 Å². The molecule has 24 heavy (non-hydrogen) atoms. The lowest BCUT2D eigenvalue weighted by atomic mass is 10.1.